The molecule has 0 radical (unpaired) electrons. The van der Waals surface area contributed by atoms with Gasteiger partial charge in [-0.25, -0.2) is 4.79 Å². The number of rotatable bonds is 11. The molecule has 11 heteroatoms. The molecule has 4 atom stereocenters. The number of hydrogen-bond donors (Lipinski definition) is 5. The van der Waals surface area contributed by atoms with Crippen LogP contribution in [-0.4, -0.2) is 46.4 Å². The van der Waals surface area contributed by atoms with Crippen LogP contribution in [0.5, 0.6) is 0 Å². The van der Waals surface area contributed by atoms with Crippen LogP contribution in [0.4, 0.5) is 4.79 Å². The summed E-state index contributed by atoms with van der Waals surface area (Å²) in [6, 6.07) is 12.8. The molecule has 0 saturated heterocycles. The van der Waals surface area contributed by atoms with Gasteiger partial charge in [-0.3, -0.25) is 14.4 Å². The molecule has 0 fully saturated rings. The molecule has 230 valence electrons. The van der Waals surface area contributed by atoms with Crippen molar-refractivity contribution >= 4 is 46.3 Å². The van der Waals surface area contributed by atoms with Gasteiger partial charge in [0.2, 0.25) is 17.7 Å². The van der Waals surface area contributed by atoms with Crippen molar-refractivity contribution in [3.63, 3.8) is 0 Å². The maximum Gasteiger partial charge on any atom is 0.408 e. The summed E-state index contributed by atoms with van der Waals surface area (Å²) in [5.74, 6) is -2.25. The van der Waals surface area contributed by atoms with Gasteiger partial charge in [0.1, 0.15) is 24.2 Å². The molecule has 0 bridgehead atoms. The van der Waals surface area contributed by atoms with E-state index in [1.807, 2.05) is 56.3 Å². The highest BCUT2D eigenvalue weighted by Gasteiger charge is 2.46. The molecule has 0 aliphatic heterocycles. The Kier molecular flexibility index (Phi) is 10.0. The number of amides is 4. The SMILES string of the molecule is CC[C@H](C)[C@H](NC(=O)OCc1ccccc1)C(=O)N[C@]1(C(=O)N[C@H](C(N)=O)C(C)C)CCc2[nH]c3c(Cl)cccc3c2C1. The number of aromatic amines is 1. The molecule has 1 heterocycles. The Hall–Kier alpha value is -4.05. The standard InChI is InChI=1S/C32H40ClN5O5/c1-5-19(4)26(37-31(42)43-17-20-10-7-6-8-11-20)29(40)38-32(30(41)36-25(18(2)3)28(34)39)15-14-24-22(16-32)21-12-9-13-23(33)27(21)35-24/h6-13,18-19,25-26,35H,5,14-17H2,1-4H3,(H2,34,39)(H,36,41)(H,37,42)(H,38,40)/t19-,25-,26-,32+/m0/s1. The molecule has 0 spiro atoms. The Labute approximate surface area is 256 Å². The first kappa shape index (κ1) is 31.9. The maximum atomic E-state index is 14.1. The Morgan fingerprint density at radius 2 is 1.74 bits per heavy atom. The number of nitrogens with two attached hydrogens (primary N) is 1. The average molecular weight is 610 g/mol. The van der Waals surface area contributed by atoms with Crippen molar-refractivity contribution in [3.05, 3.63) is 70.4 Å². The summed E-state index contributed by atoms with van der Waals surface area (Å²) in [7, 11) is 0. The van der Waals surface area contributed by atoms with E-state index < -0.39 is 41.4 Å². The highest BCUT2D eigenvalue weighted by Crippen LogP contribution is 2.37. The molecule has 4 rings (SSSR count). The predicted octanol–water partition coefficient (Wildman–Crippen LogP) is 4.13. The number of para-hydroxylation sites is 1. The summed E-state index contributed by atoms with van der Waals surface area (Å²) < 4.78 is 5.39. The van der Waals surface area contributed by atoms with Gasteiger partial charge in [-0.2, -0.15) is 0 Å². The molecule has 4 amide bonds. The summed E-state index contributed by atoms with van der Waals surface area (Å²) in [6.45, 7) is 7.37. The van der Waals surface area contributed by atoms with Crippen molar-refractivity contribution in [3.8, 4) is 0 Å². The van der Waals surface area contributed by atoms with Crippen molar-refractivity contribution < 1.29 is 23.9 Å². The number of nitrogens with one attached hydrogen (secondary N) is 4. The van der Waals surface area contributed by atoms with Crippen LogP contribution in [0, 0.1) is 11.8 Å². The van der Waals surface area contributed by atoms with Crippen LogP contribution < -0.4 is 21.7 Å². The highest BCUT2D eigenvalue weighted by atomic mass is 35.5. The van der Waals surface area contributed by atoms with E-state index in [4.69, 9.17) is 22.1 Å². The van der Waals surface area contributed by atoms with E-state index in [1.165, 1.54) is 0 Å². The van der Waals surface area contributed by atoms with Crippen molar-refractivity contribution in [2.75, 3.05) is 0 Å². The number of halogens is 1. The van der Waals surface area contributed by atoms with E-state index in [0.717, 1.165) is 27.7 Å². The fourth-order valence-electron chi connectivity index (χ4n) is 5.55. The normalized spacial score (nSPS) is 18.3. The van der Waals surface area contributed by atoms with E-state index >= 15 is 0 Å². The molecule has 2 aromatic carbocycles. The first-order valence-corrected chi connectivity index (χ1v) is 15.0. The summed E-state index contributed by atoms with van der Waals surface area (Å²) in [5.41, 5.74) is 7.55. The number of H-pyrrole nitrogens is 1. The second kappa shape index (κ2) is 13.5. The van der Waals surface area contributed by atoms with E-state index in [9.17, 15) is 19.2 Å². The molecular formula is C32H40ClN5O5. The van der Waals surface area contributed by atoms with Crippen LogP contribution in [0.2, 0.25) is 5.02 Å². The number of benzene rings is 2. The smallest absolute Gasteiger partial charge is 0.408 e. The zero-order valence-corrected chi connectivity index (χ0v) is 25.7. The fraction of sp³-hybridized carbons (Fsp3) is 0.438. The van der Waals surface area contributed by atoms with Gasteiger partial charge in [0.15, 0.2) is 0 Å². The van der Waals surface area contributed by atoms with Crippen molar-refractivity contribution in [2.24, 2.45) is 17.6 Å². The number of fused-ring (bicyclic) bond motifs is 3. The van der Waals surface area contributed by atoms with Crippen LogP contribution in [0.3, 0.4) is 0 Å². The third-order valence-electron chi connectivity index (χ3n) is 8.30. The van der Waals surface area contributed by atoms with Gasteiger partial charge < -0.3 is 31.4 Å². The number of hydrogen-bond acceptors (Lipinski definition) is 5. The Bertz CT molecular complexity index is 1490. The second-order valence-electron chi connectivity index (χ2n) is 11.7. The lowest BCUT2D eigenvalue weighted by Crippen LogP contribution is -2.67. The quantitative estimate of drug-likeness (QED) is 0.221. The Morgan fingerprint density at radius 1 is 1.02 bits per heavy atom. The number of aromatic nitrogens is 1. The maximum absolute atomic E-state index is 14.1. The minimum absolute atomic E-state index is 0.0451. The number of ether oxygens (including phenoxy) is 1. The number of aryl methyl sites for hydroxylation is 1. The highest BCUT2D eigenvalue weighted by molar-refractivity contribution is 6.35. The van der Waals surface area contributed by atoms with Crippen molar-refractivity contribution in [1.82, 2.24) is 20.9 Å². The van der Waals surface area contributed by atoms with Gasteiger partial charge in [0.05, 0.1) is 10.5 Å². The Morgan fingerprint density at radius 3 is 2.40 bits per heavy atom. The topological polar surface area (TPSA) is 155 Å². The van der Waals surface area contributed by atoms with Crippen LogP contribution in [0.1, 0.15) is 57.4 Å². The molecule has 3 aromatic rings. The number of carbonyl (C=O) groups is 4. The number of primary amides is 1. The van der Waals surface area contributed by atoms with Gasteiger partial charge in [-0.1, -0.05) is 88.2 Å². The third kappa shape index (κ3) is 7.13. The zero-order valence-electron chi connectivity index (χ0n) is 25.0. The summed E-state index contributed by atoms with van der Waals surface area (Å²) >= 11 is 6.46. The van der Waals surface area contributed by atoms with Crippen LogP contribution >= 0.6 is 11.6 Å². The minimum atomic E-state index is -1.43. The molecule has 1 aliphatic rings. The first-order chi connectivity index (χ1) is 20.5. The first-order valence-electron chi connectivity index (χ1n) is 14.6. The van der Waals surface area contributed by atoms with Crippen molar-refractivity contribution in [1.29, 1.82) is 0 Å². The zero-order chi connectivity index (χ0) is 31.3. The Balaban J connectivity index is 1.63. The summed E-state index contributed by atoms with van der Waals surface area (Å²) in [5, 5.41) is 9.91. The predicted molar refractivity (Wildman–Crippen MR) is 165 cm³/mol. The average Bonchev–Trinajstić information content (AvgIpc) is 3.36. The van der Waals surface area contributed by atoms with E-state index in [1.54, 1.807) is 19.9 Å². The monoisotopic (exact) mass is 609 g/mol. The van der Waals surface area contributed by atoms with Crippen molar-refractivity contribution in [2.45, 2.75) is 77.6 Å². The molecular weight excluding hydrogens is 570 g/mol. The van der Waals surface area contributed by atoms with Gasteiger partial charge in [0.25, 0.3) is 0 Å². The number of carbonyl (C=O) groups excluding carboxylic acids is 4. The van der Waals surface area contributed by atoms with Gasteiger partial charge in [-0.05, 0) is 41.9 Å². The summed E-state index contributed by atoms with van der Waals surface area (Å²) in [4.78, 5) is 56.4. The minimum Gasteiger partial charge on any atom is -0.445 e. The molecule has 6 N–H and O–H groups in total. The lowest BCUT2D eigenvalue weighted by molar-refractivity contribution is -0.137. The largest absolute Gasteiger partial charge is 0.445 e. The third-order valence-corrected chi connectivity index (χ3v) is 8.61. The second-order valence-corrected chi connectivity index (χ2v) is 12.1. The van der Waals surface area contributed by atoms with E-state index in [-0.39, 0.29) is 31.3 Å². The van der Waals surface area contributed by atoms with E-state index in [0.29, 0.717) is 17.9 Å². The van der Waals surface area contributed by atoms with Gasteiger partial charge >= 0.3 is 6.09 Å². The molecule has 43 heavy (non-hydrogen) atoms. The molecule has 10 nitrogen and oxygen atoms in total. The van der Waals surface area contributed by atoms with Crippen LogP contribution in [0.15, 0.2) is 48.5 Å². The molecule has 1 aliphatic carbocycles. The van der Waals surface area contributed by atoms with Crippen LogP contribution in [0.25, 0.3) is 10.9 Å². The molecule has 0 unspecified atom stereocenters. The van der Waals surface area contributed by atoms with Gasteiger partial charge in [0, 0.05) is 17.5 Å². The fourth-order valence-corrected chi connectivity index (χ4v) is 5.77. The molecule has 1 aromatic heterocycles. The lowest BCUT2D eigenvalue weighted by atomic mass is 9.78. The molecule has 0 saturated carbocycles. The number of alkyl carbamates (subject to hydrolysis) is 1. The van der Waals surface area contributed by atoms with Gasteiger partial charge in [-0.15, -0.1) is 0 Å². The van der Waals surface area contributed by atoms with E-state index in [2.05, 4.69) is 20.9 Å². The van der Waals surface area contributed by atoms with Crippen LogP contribution in [-0.2, 0) is 38.6 Å². The summed E-state index contributed by atoms with van der Waals surface area (Å²) in [6.07, 6.45) is 0.677. The lowest BCUT2D eigenvalue weighted by Gasteiger charge is -2.39.